The van der Waals surface area contributed by atoms with E-state index in [9.17, 15) is 4.79 Å². The monoisotopic (exact) mass is 148 g/mol. The Bertz CT molecular complexity index is 96.9. The van der Waals surface area contributed by atoms with E-state index < -0.39 is 0 Å². The van der Waals surface area contributed by atoms with Crippen molar-refractivity contribution in [2.45, 2.75) is 19.8 Å². The molecule has 0 bridgehead atoms. The van der Waals surface area contributed by atoms with Crippen molar-refractivity contribution in [3.8, 4) is 0 Å². The van der Waals surface area contributed by atoms with Gasteiger partial charge in [0.1, 0.15) is 5.78 Å². The van der Waals surface area contributed by atoms with Crippen LogP contribution in [0.5, 0.6) is 0 Å². The molecule has 0 aliphatic carbocycles. The Labute approximate surface area is 59.3 Å². The minimum Gasteiger partial charge on any atom is -0.300 e. The normalized spacial score (nSPS) is 9.80. The predicted molar refractivity (Wildman–Crippen MR) is 34.3 cm³/mol. The summed E-state index contributed by atoms with van der Waals surface area (Å²) >= 11 is 0. The fraction of sp³-hybridized carbons (Fsp3) is 0.800. The molecule has 60 valence electrons. The Morgan fingerprint density at radius 1 is 1.70 bits per heavy atom. The number of carbonyl (C=O) groups excluding carboxylic acids is 1. The van der Waals surface area contributed by atoms with Gasteiger partial charge in [-0.2, -0.15) is 10.8 Å². The SMILES string of the molecule is CC(=O)CCCONON. The van der Waals surface area contributed by atoms with Gasteiger partial charge in [0, 0.05) is 6.42 Å². The summed E-state index contributed by atoms with van der Waals surface area (Å²) < 4.78 is 0. The Kier molecular flexibility index (Phi) is 6.30. The zero-order valence-electron chi connectivity index (χ0n) is 5.92. The Morgan fingerprint density at radius 2 is 2.40 bits per heavy atom. The first-order valence-corrected chi connectivity index (χ1v) is 2.99. The van der Waals surface area contributed by atoms with E-state index in [1.165, 1.54) is 6.92 Å². The molecule has 0 aromatic rings. The highest BCUT2D eigenvalue weighted by atomic mass is 17.0. The molecular formula is C5H12N2O3. The van der Waals surface area contributed by atoms with Crippen LogP contribution in [0.4, 0.5) is 0 Å². The third-order valence-corrected chi connectivity index (χ3v) is 0.882. The van der Waals surface area contributed by atoms with Crippen LogP contribution in [0.2, 0.25) is 0 Å². The van der Waals surface area contributed by atoms with Crippen LogP contribution in [0.15, 0.2) is 0 Å². The standard InChI is InChI=1S/C5H12N2O3/c1-5(8)3-2-4-9-7-10-6/h7H,2-4,6H2,1H3. The third-order valence-electron chi connectivity index (χ3n) is 0.882. The smallest absolute Gasteiger partial charge is 0.129 e. The summed E-state index contributed by atoms with van der Waals surface area (Å²) in [5, 5.41) is 0. The molecule has 0 spiro atoms. The molecule has 0 fully saturated rings. The maximum atomic E-state index is 10.3. The number of nitrogens with two attached hydrogens (primary N) is 1. The maximum Gasteiger partial charge on any atom is 0.129 e. The number of nitrogens with one attached hydrogen (secondary N) is 1. The molecule has 0 radical (unpaired) electrons. The molecule has 0 unspecified atom stereocenters. The van der Waals surface area contributed by atoms with Crippen LogP contribution in [-0.2, 0) is 14.6 Å². The van der Waals surface area contributed by atoms with Gasteiger partial charge in [0.2, 0.25) is 0 Å². The zero-order valence-corrected chi connectivity index (χ0v) is 5.92. The molecular weight excluding hydrogens is 136 g/mol. The van der Waals surface area contributed by atoms with Crippen LogP contribution in [0.25, 0.3) is 0 Å². The van der Waals surface area contributed by atoms with Gasteiger partial charge in [-0.05, 0) is 13.3 Å². The van der Waals surface area contributed by atoms with Gasteiger partial charge in [0.25, 0.3) is 0 Å². The molecule has 0 heterocycles. The summed E-state index contributed by atoms with van der Waals surface area (Å²) in [6.07, 6.45) is 1.19. The molecule has 0 atom stereocenters. The number of carbonyl (C=O) groups is 1. The lowest BCUT2D eigenvalue weighted by Crippen LogP contribution is -2.20. The van der Waals surface area contributed by atoms with E-state index in [0.717, 1.165) is 0 Å². The largest absolute Gasteiger partial charge is 0.300 e. The zero-order chi connectivity index (χ0) is 7.82. The predicted octanol–water partition coefficient (Wildman–Crippen LogP) is -0.318. The first kappa shape index (κ1) is 9.51. The van der Waals surface area contributed by atoms with E-state index in [2.05, 4.69) is 15.7 Å². The lowest BCUT2D eigenvalue weighted by Gasteiger charge is -1.99. The topological polar surface area (TPSA) is 73.6 Å². The highest BCUT2D eigenvalue weighted by Crippen LogP contribution is 1.88. The van der Waals surface area contributed by atoms with E-state index in [0.29, 0.717) is 19.4 Å². The lowest BCUT2D eigenvalue weighted by molar-refractivity contribution is -0.174. The summed E-state index contributed by atoms with van der Waals surface area (Å²) in [5.74, 6) is 4.72. The van der Waals surface area contributed by atoms with Gasteiger partial charge < -0.3 is 4.79 Å². The van der Waals surface area contributed by atoms with Gasteiger partial charge in [-0.1, -0.05) is 5.64 Å². The summed E-state index contributed by atoms with van der Waals surface area (Å²) in [7, 11) is 0. The fourth-order valence-electron chi connectivity index (χ4n) is 0.469. The van der Waals surface area contributed by atoms with Crippen LogP contribution in [0.3, 0.4) is 0 Å². The number of rotatable bonds is 6. The Morgan fingerprint density at radius 3 is 2.90 bits per heavy atom. The van der Waals surface area contributed by atoms with Crippen molar-refractivity contribution in [1.82, 2.24) is 5.64 Å². The Balaban J connectivity index is 2.84. The minimum absolute atomic E-state index is 0.150. The molecule has 0 saturated heterocycles. The summed E-state index contributed by atoms with van der Waals surface area (Å²) in [5.41, 5.74) is 1.99. The van der Waals surface area contributed by atoms with Crippen LogP contribution in [0, 0.1) is 0 Å². The molecule has 3 N–H and O–H groups in total. The van der Waals surface area contributed by atoms with Crippen LogP contribution in [0.1, 0.15) is 19.8 Å². The van der Waals surface area contributed by atoms with Crippen molar-refractivity contribution in [3.05, 3.63) is 0 Å². The third kappa shape index (κ3) is 7.51. The number of ketones is 1. The first-order chi connectivity index (χ1) is 4.77. The van der Waals surface area contributed by atoms with Crippen molar-refractivity contribution in [2.24, 2.45) is 5.90 Å². The van der Waals surface area contributed by atoms with E-state index in [-0.39, 0.29) is 5.78 Å². The number of Topliss-reactive ketones (excluding diaryl/α,β-unsaturated/α-hetero) is 1. The average molecular weight is 148 g/mol. The molecule has 0 aromatic heterocycles. The second-order valence-electron chi connectivity index (χ2n) is 1.86. The van der Waals surface area contributed by atoms with Crippen LogP contribution >= 0.6 is 0 Å². The molecule has 0 aliphatic rings. The van der Waals surface area contributed by atoms with Gasteiger partial charge in [0.05, 0.1) is 6.61 Å². The molecule has 0 aliphatic heterocycles. The number of hydrogen-bond acceptors (Lipinski definition) is 5. The molecule has 0 aromatic carbocycles. The van der Waals surface area contributed by atoms with E-state index >= 15 is 0 Å². The van der Waals surface area contributed by atoms with Crippen molar-refractivity contribution in [3.63, 3.8) is 0 Å². The first-order valence-electron chi connectivity index (χ1n) is 2.99. The van der Waals surface area contributed by atoms with Crippen molar-refractivity contribution in [1.29, 1.82) is 0 Å². The van der Waals surface area contributed by atoms with Crippen molar-refractivity contribution < 1.29 is 14.6 Å². The lowest BCUT2D eigenvalue weighted by atomic mass is 10.2. The highest BCUT2D eigenvalue weighted by Gasteiger charge is 1.92. The average Bonchev–Trinajstić information content (AvgIpc) is 1.87. The highest BCUT2D eigenvalue weighted by molar-refractivity contribution is 5.75. The van der Waals surface area contributed by atoms with Crippen LogP contribution < -0.4 is 11.5 Å². The molecule has 0 rings (SSSR count). The van der Waals surface area contributed by atoms with E-state index in [4.69, 9.17) is 0 Å². The fourth-order valence-corrected chi connectivity index (χ4v) is 0.469. The van der Waals surface area contributed by atoms with Gasteiger partial charge in [-0.3, -0.25) is 4.84 Å². The summed E-state index contributed by atoms with van der Waals surface area (Å²) in [4.78, 5) is 18.8. The van der Waals surface area contributed by atoms with Crippen molar-refractivity contribution in [2.75, 3.05) is 6.61 Å². The van der Waals surface area contributed by atoms with E-state index in [1.54, 1.807) is 0 Å². The summed E-state index contributed by atoms with van der Waals surface area (Å²) in [6.45, 7) is 1.95. The van der Waals surface area contributed by atoms with Gasteiger partial charge >= 0.3 is 0 Å². The summed E-state index contributed by atoms with van der Waals surface area (Å²) in [6, 6.07) is 0. The van der Waals surface area contributed by atoms with E-state index in [1.807, 2.05) is 5.64 Å². The van der Waals surface area contributed by atoms with Crippen molar-refractivity contribution >= 4 is 5.78 Å². The Hall–Kier alpha value is -0.490. The molecule has 10 heavy (non-hydrogen) atoms. The second kappa shape index (κ2) is 6.63. The molecule has 0 amide bonds. The van der Waals surface area contributed by atoms with Crippen LogP contribution in [-0.4, -0.2) is 12.4 Å². The number of hydrogen-bond donors (Lipinski definition) is 2. The van der Waals surface area contributed by atoms with Gasteiger partial charge in [-0.15, -0.1) is 0 Å². The molecule has 0 saturated carbocycles. The second-order valence-corrected chi connectivity index (χ2v) is 1.86. The molecule has 5 nitrogen and oxygen atoms in total. The quantitative estimate of drug-likeness (QED) is 0.399. The minimum atomic E-state index is 0.150. The maximum absolute atomic E-state index is 10.3. The molecule has 5 heteroatoms. The van der Waals surface area contributed by atoms with Gasteiger partial charge in [-0.25, -0.2) is 0 Å². The van der Waals surface area contributed by atoms with Gasteiger partial charge in [0.15, 0.2) is 0 Å².